The Morgan fingerprint density at radius 2 is 1.86 bits per heavy atom. The highest BCUT2D eigenvalue weighted by Gasteiger charge is 2.15. The van der Waals surface area contributed by atoms with Crippen LogP contribution in [0.5, 0.6) is 0 Å². The average Bonchev–Trinajstić information content (AvgIpc) is 2.80. The second-order valence-corrected chi connectivity index (χ2v) is 6.76. The summed E-state index contributed by atoms with van der Waals surface area (Å²) in [7, 11) is -3.75. The minimum Gasteiger partial charge on any atom is -0.306 e. The molecule has 0 radical (unpaired) electrons. The topological polar surface area (TPSA) is 108 Å². The van der Waals surface area contributed by atoms with Crippen LogP contribution >= 0.6 is 15.9 Å². The van der Waals surface area contributed by atoms with Crippen molar-refractivity contribution in [3.8, 4) is 0 Å². The molecule has 0 saturated carbocycles. The van der Waals surface area contributed by atoms with Crippen LogP contribution in [0.3, 0.4) is 0 Å². The van der Waals surface area contributed by atoms with Crippen LogP contribution in [0.1, 0.15) is 0 Å². The first kappa shape index (κ1) is 13.8. The lowest BCUT2D eigenvalue weighted by molar-refractivity contribution is 0.601. The molecule has 2 heterocycles. The van der Waals surface area contributed by atoms with Crippen molar-refractivity contribution in [3.05, 3.63) is 51.6 Å². The summed E-state index contributed by atoms with van der Waals surface area (Å²) < 4.78 is 27.6. The molecule has 0 saturated heterocycles. The minimum atomic E-state index is -3.75. The fourth-order valence-corrected chi connectivity index (χ4v) is 3.13. The van der Waals surface area contributed by atoms with Gasteiger partial charge in [0.1, 0.15) is 4.60 Å². The van der Waals surface area contributed by atoms with Crippen LogP contribution in [-0.2, 0) is 10.0 Å². The van der Waals surface area contributed by atoms with Crippen molar-refractivity contribution in [2.45, 2.75) is 4.90 Å². The summed E-state index contributed by atoms with van der Waals surface area (Å²) in [6.07, 6.45) is 1.40. The van der Waals surface area contributed by atoms with Gasteiger partial charge in [-0.15, -0.1) is 0 Å². The number of anilines is 1. The Bertz CT molecular complexity index is 960. The number of benzene rings is 1. The molecule has 0 amide bonds. The predicted molar refractivity (Wildman–Crippen MR) is 81.7 cm³/mol. The van der Waals surface area contributed by atoms with Crippen molar-refractivity contribution >= 4 is 42.7 Å². The number of nitrogens with one attached hydrogen (secondary N) is 3. The van der Waals surface area contributed by atoms with E-state index in [2.05, 4.69) is 35.6 Å². The van der Waals surface area contributed by atoms with Gasteiger partial charge in [-0.25, -0.2) is 18.2 Å². The van der Waals surface area contributed by atoms with Crippen LogP contribution in [0.4, 0.5) is 5.69 Å². The lowest BCUT2D eigenvalue weighted by Crippen LogP contribution is -2.13. The van der Waals surface area contributed by atoms with E-state index in [1.807, 2.05) is 0 Å². The smallest absolute Gasteiger partial charge is 0.306 e. The molecule has 0 unspecified atom stereocenters. The maximum Gasteiger partial charge on any atom is 0.323 e. The number of aromatic amines is 2. The predicted octanol–water partition coefficient (Wildman–Crippen LogP) is 1.81. The molecule has 1 aromatic carbocycles. The fraction of sp³-hybridized carbons (Fsp3) is 0. The van der Waals surface area contributed by atoms with Gasteiger partial charge in [0.25, 0.3) is 10.0 Å². The first-order chi connectivity index (χ1) is 9.94. The zero-order valence-corrected chi connectivity index (χ0v) is 12.8. The van der Waals surface area contributed by atoms with Crippen molar-refractivity contribution in [3.63, 3.8) is 0 Å². The van der Waals surface area contributed by atoms with Gasteiger partial charge in [-0.1, -0.05) is 0 Å². The van der Waals surface area contributed by atoms with Gasteiger partial charge in [0, 0.05) is 0 Å². The molecule has 0 spiro atoms. The van der Waals surface area contributed by atoms with Crippen molar-refractivity contribution in [2.24, 2.45) is 0 Å². The van der Waals surface area contributed by atoms with Crippen molar-refractivity contribution < 1.29 is 8.42 Å². The molecule has 0 atom stereocenters. The van der Waals surface area contributed by atoms with Crippen LogP contribution in [0.2, 0.25) is 0 Å². The number of fused-ring (bicyclic) bond motifs is 1. The standard InChI is InChI=1S/C12H9BrN4O3S/c13-11-4-1-7(6-14-11)17-21(19,20)8-2-3-9-10(5-8)16-12(18)15-9/h1-6,17H,(H2,15,16,18). The van der Waals surface area contributed by atoms with E-state index in [0.717, 1.165) is 0 Å². The lowest BCUT2D eigenvalue weighted by atomic mass is 10.3. The highest BCUT2D eigenvalue weighted by molar-refractivity contribution is 9.10. The Labute approximate surface area is 127 Å². The number of hydrogen-bond acceptors (Lipinski definition) is 4. The molecule has 21 heavy (non-hydrogen) atoms. The number of rotatable bonds is 3. The van der Waals surface area contributed by atoms with Gasteiger partial charge in [0.05, 0.1) is 27.8 Å². The van der Waals surface area contributed by atoms with Gasteiger partial charge in [-0.05, 0) is 46.3 Å². The second kappa shape index (κ2) is 5.01. The first-order valence-electron chi connectivity index (χ1n) is 5.80. The van der Waals surface area contributed by atoms with Gasteiger partial charge in [-0.2, -0.15) is 0 Å². The zero-order chi connectivity index (χ0) is 15.0. The Hall–Kier alpha value is -2.13. The summed E-state index contributed by atoms with van der Waals surface area (Å²) in [4.78, 5) is 20.3. The summed E-state index contributed by atoms with van der Waals surface area (Å²) in [5.74, 6) is 0. The molecule has 0 fully saturated rings. The molecular weight excluding hydrogens is 360 g/mol. The Kier molecular flexibility index (Phi) is 3.30. The van der Waals surface area contributed by atoms with Crippen LogP contribution in [-0.4, -0.2) is 23.4 Å². The van der Waals surface area contributed by atoms with E-state index >= 15 is 0 Å². The van der Waals surface area contributed by atoms with Crippen LogP contribution in [0.25, 0.3) is 11.0 Å². The van der Waals surface area contributed by atoms with Crippen molar-refractivity contribution in [1.29, 1.82) is 0 Å². The third-order valence-corrected chi connectivity index (χ3v) is 4.63. The van der Waals surface area contributed by atoms with Crippen LogP contribution in [0, 0.1) is 0 Å². The summed E-state index contributed by atoms with van der Waals surface area (Å²) in [6.45, 7) is 0. The van der Waals surface area contributed by atoms with Gasteiger partial charge >= 0.3 is 5.69 Å². The Morgan fingerprint density at radius 3 is 2.57 bits per heavy atom. The molecule has 3 rings (SSSR count). The molecule has 0 aliphatic heterocycles. The van der Waals surface area contributed by atoms with Gasteiger partial charge in [0.2, 0.25) is 0 Å². The Balaban J connectivity index is 1.99. The first-order valence-corrected chi connectivity index (χ1v) is 8.08. The highest BCUT2D eigenvalue weighted by Crippen LogP contribution is 2.19. The number of imidazole rings is 1. The average molecular weight is 369 g/mol. The second-order valence-electron chi connectivity index (χ2n) is 4.26. The van der Waals surface area contributed by atoms with E-state index in [0.29, 0.717) is 21.3 Å². The summed E-state index contributed by atoms with van der Waals surface area (Å²) >= 11 is 3.17. The van der Waals surface area contributed by atoms with Crippen molar-refractivity contribution in [2.75, 3.05) is 4.72 Å². The van der Waals surface area contributed by atoms with E-state index in [4.69, 9.17) is 0 Å². The Morgan fingerprint density at radius 1 is 1.10 bits per heavy atom. The number of nitrogens with zero attached hydrogens (tertiary/aromatic N) is 1. The number of aromatic nitrogens is 3. The largest absolute Gasteiger partial charge is 0.323 e. The monoisotopic (exact) mass is 368 g/mol. The summed E-state index contributed by atoms with van der Waals surface area (Å²) in [6, 6.07) is 7.56. The quantitative estimate of drug-likeness (QED) is 0.612. The highest BCUT2D eigenvalue weighted by atomic mass is 79.9. The van der Waals surface area contributed by atoms with Gasteiger partial charge < -0.3 is 9.97 Å². The number of H-pyrrole nitrogens is 2. The molecule has 3 aromatic rings. The molecule has 108 valence electrons. The lowest BCUT2D eigenvalue weighted by Gasteiger charge is -2.07. The number of halogens is 1. The van der Waals surface area contributed by atoms with E-state index in [1.54, 1.807) is 12.1 Å². The zero-order valence-electron chi connectivity index (χ0n) is 10.4. The van der Waals surface area contributed by atoms with Gasteiger partial charge in [-0.3, -0.25) is 4.72 Å². The number of hydrogen-bond donors (Lipinski definition) is 3. The van der Waals surface area contributed by atoms with E-state index < -0.39 is 10.0 Å². The third-order valence-electron chi connectivity index (χ3n) is 2.78. The molecular formula is C12H9BrN4O3S. The van der Waals surface area contributed by atoms with E-state index in [-0.39, 0.29) is 10.6 Å². The van der Waals surface area contributed by atoms with E-state index in [1.165, 1.54) is 24.4 Å². The molecule has 2 aromatic heterocycles. The van der Waals surface area contributed by atoms with Gasteiger partial charge in [0.15, 0.2) is 0 Å². The normalized spacial score (nSPS) is 11.7. The molecule has 9 heteroatoms. The summed E-state index contributed by atoms with van der Waals surface area (Å²) in [5.41, 5.74) is 0.937. The minimum absolute atomic E-state index is 0.0492. The molecule has 0 aliphatic carbocycles. The SMILES string of the molecule is O=c1[nH]c2ccc(S(=O)(=O)Nc3ccc(Br)nc3)cc2[nH]1. The number of pyridine rings is 1. The molecule has 3 N–H and O–H groups in total. The van der Waals surface area contributed by atoms with Crippen molar-refractivity contribution in [1.82, 2.24) is 15.0 Å². The molecule has 0 aliphatic rings. The van der Waals surface area contributed by atoms with E-state index in [9.17, 15) is 13.2 Å². The molecule has 0 bridgehead atoms. The fourth-order valence-electron chi connectivity index (χ4n) is 1.83. The molecule has 7 nitrogen and oxygen atoms in total. The number of sulfonamides is 1. The van der Waals surface area contributed by atoms with Crippen LogP contribution in [0.15, 0.2) is 50.8 Å². The third kappa shape index (κ3) is 2.83. The maximum absolute atomic E-state index is 12.3. The maximum atomic E-state index is 12.3. The van der Waals surface area contributed by atoms with Crippen LogP contribution < -0.4 is 10.4 Å². The summed E-state index contributed by atoms with van der Waals surface area (Å²) in [5, 5.41) is 0.